The zero-order chi connectivity index (χ0) is 15.5. The molecular formula is C16H26N4OS. The maximum atomic E-state index is 12.4. The summed E-state index contributed by atoms with van der Waals surface area (Å²) in [7, 11) is 0. The quantitative estimate of drug-likeness (QED) is 0.866. The highest BCUT2D eigenvalue weighted by molar-refractivity contribution is 7.99. The van der Waals surface area contributed by atoms with Gasteiger partial charge in [-0.2, -0.15) is 0 Å². The fourth-order valence-electron chi connectivity index (χ4n) is 3.63. The van der Waals surface area contributed by atoms with Crippen molar-refractivity contribution in [2.24, 2.45) is 11.8 Å². The van der Waals surface area contributed by atoms with Crippen molar-refractivity contribution in [1.29, 1.82) is 0 Å². The lowest BCUT2D eigenvalue weighted by molar-refractivity contribution is -0.131. The summed E-state index contributed by atoms with van der Waals surface area (Å²) in [5, 5.41) is 7.80. The Hall–Kier alpha value is -1.04. The van der Waals surface area contributed by atoms with Crippen LogP contribution < -0.4 is 0 Å². The van der Waals surface area contributed by atoms with Crippen LogP contribution in [0.1, 0.15) is 57.7 Å². The molecule has 6 heteroatoms. The number of piperidine rings is 1. The van der Waals surface area contributed by atoms with Gasteiger partial charge in [0.15, 0.2) is 0 Å². The second-order valence-corrected chi connectivity index (χ2v) is 7.82. The lowest BCUT2D eigenvalue weighted by Crippen LogP contribution is -2.45. The Morgan fingerprint density at radius 1 is 1.32 bits per heavy atom. The van der Waals surface area contributed by atoms with Crippen LogP contribution in [0.4, 0.5) is 0 Å². The van der Waals surface area contributed by atoms with Crippen LogP contribution in [0.25, 0.3) is 0 Å². The van der Waals surface area contributed by atoms with Gasteiger partial charge in [-0.1, -0.05) is 44.9 Å². The first-order valence-corrected chi connectivity index (χ1v) is 9.45. The molecule has 1 saturated carbocycles. The van der Waals surface area contributed by atoms with E-state index in [1.807, 2.05) is 0 Å². The number of likely N-dealkylation sites (tertiary alicyclic amines) is 1. The molecule has 122 valence electrons. The van der Waals surface area contributed by atoms with E-state index in [0.717, 1.165) is 30.7 Å². The molecule has 22 heavy (non-hydrogen) atoms. The third-order valence-corrected chi connectivity index (χ3v) is 5.83. The fourth-order valence-corrected chi connectivity index (χ4v) is 4.33. The molecular weight excluding hydrogens is 296 g/mol. The molecule has 1 aliphatic carbocycles. The van der Waals surface area contributed by atoms with Crippen molar-refractivity contribution in [2.75, 3.05) is 18.8 Å². The lowest BCUT2D eigenvalue weighted by atomic mass is 9.75. The van der Waals surface area contributed by atoms with Gasteiger partial charge in [-0.25, -0.2) is 4.98 Å². The molecule has 1 aromatic rings. The third kappa shape index (κ3) is 3.65. The van der Waals surface area contributed by atoms with E-state index in [-0.39, 0.29) is 5.91 Å². The van der Waals surface area contributed by atoms with E-state index in [1.165, 1.54) is 43.9 Å². The first-order valence-electron chi connectivity index (χ1n) is 8.46. The summed E-state index contributed by atoms with van der Waals surface area (Å²) in [5.74, 6) is 3.53. The summed E-state index contributed by atoms with van der Waals surface area (Å²) in [4.78, 5) is 18.9. The van der Waals surface area contributed by atoms with E-state index in [0.29, 0.717) is 16.8 Å². The van der Waals surface area contributed by atoms with E-state index in [4.69, 9.17) is 0 Å². The smallest absolute Gasteiger partial charge is 0.233 e. The van der Waals surface area contributed by atoms with Crippen LogP contribution in [0.3, 0.4) is 0 Å². The number of rotatable bonds is 4. The molecule has 1 amide bonds. The summed E-state index contributed by atoms with van der Waals surface area (Å²) in [5.41, 5.74) is 0. The number of aromatic nitrogens is 3. The number of nitrogens with one attached hydrogen (secondary N) is 1. The van der Waals surface area contributed by atoms with Gasteiger partial charge < -0.3 is 4.90 Å². The molecule has 0 spiro atoms. The molecule has 5 nitrogen and oxygen atoms in total. The van der Waals surface area contributed by atoms with Crippen molar-refractivity contribution in [3.8, 4) is 0 Å². The van der Waals surface area contributed by atoms with Crippen LogP contribution >= 0.6 is 11.8 Å². The van der Waals surface area contributed by atoms with Crippen molar-refractivity contribution in [3.63, 3.8) is 0 Å². The normalized spacial score (nSPS) is 25.3. The van der Waals surface area contributed by atoms with Gasteiger partial charge >= 0.3 is 0 Å². The Labute approximate surface area is 136 Å². The van der Waals surface area contributed by atoms with Gasteiger partial charge in [0.1, 0.15) is 5.82 Å². The summed E-state index contributed by atoms with van der Waals surface area (Å²) < 4.78 is 0. The van der Waals surface area contributed by atoms with E-state index in [1.54, 1.807) is 0 Å². The minimum atomic E-state index is 0.241. The van der Waals surface area contributed by atoms with Gasteiger partial charge in [-0.15, -0.1) is 5.10 Å². The fraction of sp³-hybridized carbons (Fsp3) is 0.812. The van der Waals surface area contributed by atoms with Crippen LogP contribution in [0.15, 0.2) is 5.16 Å². The summed E-state index contributed by atoms with van der Waals surface area (Å²) >= 11 is 1.45. The molecule has 1 aliphatic heterocycles. The molecule has 1 N–H and O–H groups in total. The molecule has 0 aromatic carbocycles. The Morgan fingerprint density at radius 3 is 2.82 bits per heavy atom. The van der Waals surface area contributed by atoms with Gasteiger partial charge in [-0.05, 0) is 24.7 Å². The lowest BCUT2D eigenvalue weighted by Gasteiger charge is -2.41. The highest BCUT2D eigenvalue weighted by Crippen LogP contribution is 2.36. The zero-order valence-electron chi connectivity index (χ0n) is 13.5. The van der Waals surface area contributed by atoms with Crippen LogP contribution in [0.2, 0.25) is 0 Å². The predicted octanol–water partition coefficient (Wildman–Crippen LogP) is 3.06. The topological polar surface area (TPSA) is 61.9 Å². The molecule has 1 aromatic heterocycles. The van der Waals surface area contributed by atoms with E-state index < -0.39 is 0 Å². The molecule has 3 rings (SSSR count). The van der Waals surface area contributed by atoms with Crippen molar-refractivity contribution in [2.45, 2.75) is 57.0 Å². The van der Waals surface area contributed by atoms with Crippen LogP contribution in [0.5, 0.6) is 0 Å². The summed E-state index contributed by atoms with van der Waals surface area (Å²) in [6, 6.07) is 0. The average Bonchev–Trinajstić information content (AvgIpc) is 3.01. The minimum Gasteiger partial charge on any atom is -0.342 e. The Kier molecular flexibility index (Phi) is 5.06. The number of nitrogens with zero attached hydrogens (tertiary/aromatic N) is 3. The van der Waals surface area contributed by atoms with Crippen LogP contribution in [-0.2, 0) is 4.79 Å². The van der Waals surface area contributed by atoms with Crippen molar-refractivity contribution >= 4 is 17.7 Å². The molecule has 2 atom stereocenters. The second kappa shape index (κ2) is 7.02. The monoisotopic (exact) mass is 322 g/mol. The zero-order valence-corrected chi connectivity index (χ0v) is 14.4. The van der Waals surface area contributed by atoms with E-state index >= 15 is 0 Å². The molecule has 1 saturated heterocycles. The number of aromatic amines is 1. The number of amides is 1. The van der Waals surface area contributed by atoms with Gasteiger partial charge in [0, 0.05) is 19.0 Å². The predicted molar refractivity (Wildman–Crippen MR) is 87.8 cm³/mol. The number of thioether (sulfide) groups is 1. The maximum absolute atomic E-state index is 12.4. The highest BCUT2D eigenvalue weighted by Gasteiger charge is 2.32. The van der Waals surface area contributed by atoms with Gasteiger partial charge in [0.25, 0.3) is 0 Å². The standard InChI is InChI=1S/C16H26N4OS/c1-11(2)15-17-16(19-18-15)22-10-14(21)20-8-7-12-5-3-4-6-13(12)9-20/h11-13H,3-10H2,1-2H3,(H,17,18,19). The van der Waals surface area contributed by atoms with Crippen molar-refractivity contribution in [3.05, 3.63) is 5.82 Å². The van der Waals surface area contributed by atoms with E-state index in [2.05, 4.69) is 33.9 Å². The second-order valence-electron chi connectivity index (χ2n) is 6.88. The Morgan fingerprint density at radius 2 is 2.09 bits per heavy atom. The van der Waals surface area contributed by atoms with Crippen LogP contribution in [0, 0.1) is 11.8 Å². The van der Waals surface area contributed by atoms with Gasteiger partial charge in [0.05, 0.1) is 5.75 Å². The number of carbonyl (C=O) groups excluding carboxylic acids is 1. The maximum Gasteiger partial charge on any atom is 0.233 e. The number of fused-ring (bicyclic) bond motifs is 1. The van der Waals surface area contributed by atoms with Gasteiger partial charge in [-0.3, -0.25) is 9.89 Å². The molecule has 0 radical (unpaired) electrons. The molecule has 2 fully saturated rings. The van der Waals surface area contributed by atoms with Crippen molar-refractivity contribution < 1.29 is 4.79 Å². The first-order chi connectivity index (χ1) is 10.6. The third-order valence-electron chi connectivity index (χ3n) is 5.00. The summed E-state index contributed by atoms with van der Waals surface area (Å²) in [6.07, 6.45) is 6.59. The first kappa shape index (κ1) is 15.8. The number of H-pyrrole nitrogens is 1. The molecule has 0 bridgehead atoms. The number of hydrogen-bond donors (Lipinski definition) is 1. The largest absolute Gasteiger partial charge is 0.342 e. The molecule has 2 aliphatic rings. The van der Waals surface area contributed by atoms with Gasteiger partial charge in [0.2, 0.25) is 11.1 Å². The average molecular weight is 322 g/mol. The van der Waals surface area contributed by atoms with E-state index in [9.17, 15) is 4.79 Å². The molecule has 2 unspecified atom stereocenters. The minimum absolute atomic E-state index is 0.241. The summed E-state index contributed by atoms with van der Waals surface area (Å²) in [6.45, 7) is 6.06. The highest BCUT2D eigenvalue weighted by atomic mass is 32.2. The Balaban J connectivity index is 1.49. The molecule has 2 heterocycles. The number of carbonyl (C=O) groups is 1. The van der Waals surface area contributed by atoms with Crippen molar-refractivity contribution in [1.82, 2.24) is 20.1 Å². The van der Waals surface area contributed by atoms with Crippen LogP contribution in [-0.4, -0.2) is 44.8 Å². The Bertz CT molecular complexity index is 516. The number of hydrogen-bond acceptors (Lipinski definition) is 4. The SMILES string of the molecule is CC(C)c1nc(SCC(=O)N2CCC3CCCCC3C2)n[nH]1.